The van der Waals surface area contributed by atoms with E-state index in [0.29, 0.717) is 31.5 Å². The van der Waals surface area contributed by atoms with E-state index in [1.165, 1.54) is 35.2 Å². The van der Waals surface area contributed by atoms with Crippen molar-refractivity contribution in [1.82, 2.24) is 9.88 Å². The maximum Gasteiger partial charge on any atom is 0.321 e. The SMILES string of the molecule is CCC(CC)c1ccc(N(Cc2ccc(-c3csc(CN4Cc5ccccc5CC4C(=O)O)n3)cc2)C(C)C)cc1. The first-order valence-electron chi connectivity index (χ1n) is 14.8. The van der Waals surface area contributed by atoms with Crippen LogP contribution in [0.5, 0.6) is 0 Å². The van der Waals surface area contributed by atoms with Gasteiger partial charge in [-0.15, -0.1) is 11.3 Å². The van der Waals surface area contributed by atoms with Gasteiger partial charge in [-0.1, -0.05) is 74.5 Å². The minimum absolute atomic E-state index is 0.381. The number of carboxylic acids is 1. The van der Waals surface area contributed by atoms with Gasteiger partial charge in [-0.25, -0.2) is 4.98 Å². The summed E-state index contributed by atoms with van der Waals surface area (Å²) in [5.41, 5.74) is 8.30. The highest BCUT2D eigenvalue weighted by atomic mass is 32.1. The molecule has 6 heteroatoms. The molecule has 0 saturated carbocycles. The highest BCUT2D eigenvalue weighted by molar-refractivity contribution is 7.09. The molecule has 2 heterocycles. The molecule has 0 radical (unpaired) electrons. The number of aromatic nitrogens is 1. The number of anilines is 1. The number of fused-ring (bicyclic) bond motifs is 1. The molecule has 1 unspecified atom stereocenters. The topological polar surface area (TPSA) is 56.7 Å². The van der Waals surface area contributed by atoms with Gasteiger partial charge in [-0.2, -0.15) is 0 Å². The zero-order valence-corrected chi connectivity index (χ0v) is 25.4. The molecule has 0 bridgehead atoms. The molecule has 0 amide bonds. The third-order valence-corrected chi connectivity index (χ3v) is 9.26. The fourth-order valence-corrected chi connectivity index (χ4v) is 6.75. The maximum absolute atomic E-state index is 12.0. The molecule has 0 saturated heterocycles. The van der Waals surface area contributed by atoms with Crippen molar-refractivity contribution in [2.24, 2.45) is 0 Å². The van der Waals surface area contributed by atoms with E-state index in [1.54, 1.807) is 11.3 Å². The van der Waals surface area contributed by atoms with Crippen LogP contribution in [-0.4, -0.2) is 33.0 Å². The molecule has 1 aliphatic rings. The first-order valence-corrected chi connectivity index (χ1v) is 15.7. The summed E-state index contributed by atoms with van der Waals surface area (Å²) < 4.78 is 0. The molecule has 0 fully saturated rings. The monoisotopic (exact) mass is 567 g/mol. The molecule has 214 valence electrons. The van der Waals surface area contributed by atoms with Crippen LogP contribution in [0.15, 0.2) is 78.2 Å². The van der Waals surface area contributed by atoms with E-state index in [1.807, 2.05) is 23.1 Å². The van der Waals surface area contributed by atoms with Gasteiger partial charge in [0.25, 0.3) is 0 Å². The number of thiazole rings is 1. The molecule has 0 spiro atoms. The van der Waals surface area contributed by atoms with Gasteiger partial charge >= 0.3 is 5.97 Å². The summed E-state index contributed by atoms with van der Waals surface area (Å²) in [5.74, 6) is -0.144. The molecule has 41 heavy (non-hydrogen) atoms. The fraction of sp³-hybridized carbons (Fsp3) is 0.371. The van der Waals surface area contributed by atoms with E-state index in [2.05, 4.69) is 92.6 Å². The zero-order valence-electron chi connectivity index (χ0n) is 24.6. The van der Waals surface area contributed by atoms with Gasteiger partial charge < -0.3 is 10.0 Å². The average molecular weight is 568 g/mol. The Morgan fingerprint density at radius 3 is 2.32 bits per heavy atom. The van der Waals surface area contributed by atoms with Gasteiger partial charge in [0.1, 0.15) is 11.0 Å². The van der Waals surface area contributed by atoms with Crippen molar-refractivity contribution in [1.29, 1.82) is 0 Å². The average Bonchev–Trinajstić information content (AvgIpc) is 3.45. The second kappa shape index (κ2) is 13.0. The van der Waals surface area contributed by atoms with E-state index < -0.39 is 12.0 Å². The molecule has 3 aromatic carbocycles. The number of nitrogens with zero attached hydrogens (tertiary/aromatic N) is 3. The zero-order chi connectivity index (χ0) is 28.9. The van der Waals surface area contributed by atoms with Crippen LogP contribution in [0.25, 0.3) is 11.3 Å². The number of hydrogen-bond donors (Lipinski definition) is 1. The molecule has 1 N–H and O–H groups in total. The molecule has 1 aliphatic heterocycles. The predicted molar refractivity (Wildman–Crippen MR) is 169 cm³/mol. The lowest BCUT2D eigenvalue weighted by Crippen LogP contribution is -2.44. The van der Waals surface area contributed by atoms with Gasteiger partial charge in [0.05, 0.1) is 12.2 Å². The maximum atomic E-state index is 12.0. The van der Waals surface area contributed by atoms with Crippen LogP contribution in [0.1, 0.15) is 73.7 Å². The van der Waals surface area contributed by atoms with Crippen LogP contribution in [0.3, 0.4) is 0 Å². The molecule has 1 aromatic heterocycles. The van der Waals surface area contributed by atoms with Crippen LogP contribution in [-0.2, 0) is 30.8 Å². The van der Waals surface area contributed by atoms with E-state index in [-0.39, 0.29) is 0 Å². The third kappa shape index (κ3) is 6.71. The molecule has 1 atom stereocenters. The second-order valence-corrected chi connectivity index (χ2v) is 12.3. The van der Waals surface area contributed by atoms with Gasteiger partial charge in [-0.05, 0) is 73.4 Å². The smallest absolute Gasteiger partial charge is 0.321 e. The number of carboxylic acid groups (broad SMARTS) is 1. The van der Waals surface area contributed by atoms with Crippen molar-refractivity contribution in [3.05, 3.63) is 105 Å². The summed E-state index contributed by atoms with van der Waals surface area (Å²) in [6.45, 7) is 11.0. The minimum Gasteiger partial charge on any atom is -0.480 e. The fourth-order valence-electron chi connectivity index (χ4n) is 5.92. The van der Waals surface area contributed by atoms with Crippen molar-refractivity contribution >= 4 is 23.0 Å². The Labute approximate surface area is 248 Å². The van der Waals surface area contributed by atoms with Gasteiger partial charge in [0, 0.05) is 35.8 Å². The summed E-state index contributed by atoms with van der Waals surface area (Å²) in [5, 5.41) is 12.9. The molecule has 5 nitrogen and oxygen atoms in total. The minimum atomic E-state index is -0.774. The lowest BCUT2D eigenvalue weighted by atomic mass is 9.94. The molecular formula is C35H41N3O2S. The summed E-state index contributed by atoms with van der Waals surface area (Å²) in [6.07, 6.45) is 2.87. The second-order valence-electron chi connectivity index (χ2n) is 11.4. The molecule has 0 aliphatic carbocycles. The summed E-state index contributed by atoms with van der Waals surface area (Å²) >= 11 is 1.60. The molecule has 5 rings (SSSR count). The molecule has 4 aromatic rings. The van der Waals surface area contributed by atoms with Crippen LogP contribution in [0.4, 0.5) is 5.69 Å². The molecular weight excluding hydrogens is 526 g/mol. The summed E-state index contributed by atoms with van der Waals surface area (Å²) in [4.78, 5) is 21.4. The lowest BCUT2D eigenvalue weighted by Gasteiger charge is -2.33. The predicted octanol–water partition coefficient (Wildman–Crippen LogP) is 8.14. The van der Waals surface area contributed by atoms with Gasteiger partial charge in [0.15, 0.2) is 0 Å². The normalized spacial score (nSPS) is 15.3. The highest BCUT2D eigenvalue weighted by Crippen LogP contribution is 2.30. The van der Waals surface area contributed by atoms with Crippen molar-refractivity contribution in [3.8, 4) is 11.3 Å². The largest absolute Gasteiger partial charge is 0.480 e. The highest BCUT2D eigenvalue weighted by Gasteiger charge is 2.31. The number of carbonyl (C=O) groups is 1. The van der Waals surface area contributed by atoms with Gasteiger partial charge in [0.2, 0.25) is 0 Å². The van der Waals surface area contributed by atoms with E-state index >= 15 is 0 Å². The Hall–Kier alpha value is -3.48. The Balaban J connectivity index is 1.26. The van der Waals surface area contributed by atoms with Crippen LogP contribution in [0, 0.1) is 0 Å². The quantitative estimate of drug-likeness (QED) is 0.198. The Morgan fingerprint density at radius 2 is 1.68 bits per heavy atom. The number of aliphatic carboxylic acids is 1. The van der Waals surface area contributed by atoms with Crippen molar-refractivity contribution in [2.45, 2.75) is 84.6 Å². The number of hydrogen-bond acceptors (Lipinski definition) is 5. The summed E-state index contributed by atoms with van der Waals surface area (Å²) in [6, 6.07) is 25.8. The lowest BCUT2D eigenvalue weighted by molar-refractivity contribution is -0.144. The standard InChI is InChI=1S/C35H41N3O2S/c1-5-26(6-2)27-15-17-31(18-16-27)38(24(3)4)20-25-11-13-28(14-12-25)32-23-41-34(36-32)22-37-21-30-10-8-7-9-29(30)19-33(37)35(39)40/h7-18,23-24,26,33H,5-6,19-22H2,1-4H3,(H,39,40). The number of benzene rings is 3. The van der Waals surface area contributed by atoms with Crippen LogP contribution >= 0.6 is 11.3 Å². The third-order valence-electron chi connectivity index (χ3n) is 8.43. The summed E-state index contributed by atoms with van der Waals surface area (Å²) in [7, 11) is 0. The van der Waals surface area contributed by atoms with Crippen molar-refractivity contribution in [3.63, 3.8) is 0 Å². The Morgan fingerprint density at radius 1 is 1.00 bits per heavy atom. The van der Waals surface area contributed by atoms with Crippen LogP contribution in [0.2, 0.25) is 0 Å². The Kier molecular flexibility index (Phi) is 9.21. The number of rotatable bonds is 11. The van der Waals surface area contributed by atoms with E-state index in [4.69, 9.17) is 4.98 Å². The van der Waals surface area contributed by atoms with Crippen LogP contribution < -0.4 is 4.90 Å². The first-order chi connectivity index (χ1) is 19.9. The van der Waals surface area contributed by atoms with Crippen molar-refractivity contribution in [2.75, 3.05) is 4.90 Å². The first kappa shape index (κ1) is 29.0. The van der Waals surface area contributed by atoms with Gasteiger partial charge in [-0.3, -0.25) is 9.69 Å². The van der Waals surface area contributed by atoms with E-state index in [0.717, 1.165) is 28.4 Å². The Bertz CT molecular complexity index is 1440. The van der Waals surface area contributed by atoms with Crippen molar-refractivity contribution < 1.29 is 9.90 Å². The van der Waals surface area contributed by atoms with E-state index in [9.17, 15) is 9.90 Å².